The summed E-state index contributed by atoms with van der Waals surface area (Å²) in [5, 5.41) is 3.50. The Balaban J connectivity index is 1.65. The molecule has 1 aliphatic carbocycles. The number of benzene rings is 1. The Labute approximate surface area is 104 Å². The molecule has 1 aliphatic heterocycles. The van der Waals surface area contributed by atoms with Gasteiger partial charge in [-0.1, -0.05) is 31.2 Å². The van der Waals surface area contributed by atoms with E-state index >= 15 is 0 Å². The average Bonchev–Trinajstić information content (AvgIpc) is 2.36. The van der Waals surface area contributed by atoms with Gasteiger partial charge in [-0.2, -0.15) is 0 Å². The van der Waals surface area contributed by atoms with Crippen molar-refractivity contribution in [2.24, 2.45) is 0 Å². The smallest absolute Gasteiger partial charge is 0.0218 e. The molecule has 17 heavy (non-hydrogen) atoms. The van der Waals surface area contributed by atoms with Gasteiger partial charge in [0.2, 0.25) is 0 Å². The molecule has 0 spiro atoms. The van der Waals surface area contributed by atoms with Gasteiger partial charge in [-0.25, -0.2) is 0 Å². The van der Waals surface area contributed by atoms with Crippen molar-refractivity contribution >= 4 is 0 Å². The van der Waals surface area contributed by atoms with Crippen LogP contribution in [0.3, 0.4) is 0 Å². The zero-order valence-corrected chi connectivity index (χ0v) is 10.7. The summed E-state index contributed by atoms with van der Waals surface area (Å²) in [7, 11) is 0. The van der Waals surface area contributed by atoms with Gasteiger partial charge in [0.25, 0.3) is 0 Å². The summed E-state index contributed by atoms with van der Waals surface area (Å²) < 4.78 is 0. The second kappa shape index (κ2) is 4.79. The molecule has 3 rings (SSSR count). The van der Waals surface area contributed by atoms with Gasteiger partial charge in [-0.3, -0.25) is 4.90 Å². The lowest BCUT2D eigenvalue weighted by atomic mass is 9.77. The van der Waals surface area contributed by atoms with Crippen LogP contribution in [-0.2, 0) is 6.42 Å². The third-order valence-electron chi connectivity index (χ3n) is 4.36. The Bertz CT molecular complexity index is 388. The maximum absolute atomic E-state index is 3.50. The lowest BCUT2D eigenvalue weighted by Crippen LogP contribution is -2.52. The van der Waals surface area contributed by atoms with Crippen molar-refractivity contribution in [1.29, 1.82) is 0 Å². The molecule has 0 radical (unpaired) electrons. The lowest BCUT2D eigenvalue weighted by Gasteiger charge is -2.41. The quantitative estimate of drug-likeness (QED) is 0.854. The van der Waals surface area contributed by atoms with Crippen molar-refractivity contribution < 1.29 is 0 Å². The minimum atomic E-state index is 0.747. The first-order chi connectivity index (χ1) is 8.38. The van der Waals surface area contributed by atoms with Crippen LogP contribution in [0.1, 0.15) is 30.4 Å². The van der Waals surface area contributed by atoms with Crippen molar-refractivity contribution in [3.05, 3.63) is 35.4 Å². The summed E-state index contributed by atoms with van der Waals surface area (Å²) in [5.41, 5.74) is 3.17. The van der Waals surface area contributed by atoms with Gasteiger partial charge < -0.3 is 5.32 Å². The molecule has 2 heteroatoms. The highest BCUT2D eigenvalue weighted by Crippen LogP contribution is 2.35. The van der Waals surface area contributed by atoms with E-state index in [1.54, 1.807) is 11.1 Å². The first-order valence-corrected chi connectivity index (χ1v) is 6.91. The molecule has 0 saturated carbocycles. The van der Waals surface area contributed by atoms with Crippen molar-refractivity contribution in [3.63, 3.8) is 0 Å². The van der Waals surface area contributed by atoms with Gasteiger partial charge >= 0.3 is 0 Å². The number of fused-ring (bicyclic) bond motifs is 1. The van der Waals surface area contributed by atoms with Crippen LogP contribution in [0.5, 0.6) is 0 Å². The summed E-state index contributed by atoms with van der Waals surface area (Å²) in [5.74, 6) is 0.790. The fourth-order valence-electron chi connectivity index (χ4n) is 3.25. The molecule has 92 valence electrons. The van der Waals surface area contributed by atoms with Crippen LogP contribution < -0.4 is 5.32 Å². The fraction of sp³-hybridized carbons (Fsp3) is 0.600. The Morgan fingerprint density at radius 2 is 2.24 bits per heavy atom. The van der Waals surface area contributed by atoms with Crippen molar-refractivity contribution in [3.8, 4) is 0 Å². The first kappa shape index (κ1) is 11.2. The molecule has 1 aromatic rings. The lowest BCUT2D eigenvalue weighted by molar-refractivity contribution is 0.143. The van der Waals surface area contributed by atoms with E-state index in [1.165, 1.54) is 32.5 Å². The third kappa shape index (κ3) is 2.12. The van der Waals surface area contributed by atoms with E-state index in [0.29, 0.717) is 0 Å². The largest absolute Gasteiger partial charge is 0.314 e. The van der Waals surface area contributed by atoms with Crippen LogP contribution in [0.15, 0.2) is 24.3 Å². The molecular formula is C15H22N2. The maximum atomic E-state index is 3.50. The highest BCUT2D eigenvalue weighted by Gasteiger charge is 2.30. The molecule has 1 saturated heterocycles. The molecule has 0 amide bonds. The second-order valence-electron chi connectivity index (χ2n) is 5.36. The molecule has 0 bridgehead atoms. The molecule has 2 unspecified atom stereocenters. The zero-order valence-electron chi connectivity index (χ0n) is 10.7. The standard InChI is InChI=1S/C15H22N2/c1-2-14-10-16-7-8-17(14)11-13-9-12-5-3-4-6-15(12)13/h3-6,13-14,16H,2,7-11H2,1H3. The Morgan fingerprint density at radius 3 is 3.06 bits per heavy atom. The monoisotopic (exact) mass is 230 g/mol. The van der Waals surface area contributed by atoms with Crippen molar-refractivity contribution in [2.75, 3.05) is 26.2 Å². The predicted molar refractivity (Wildman–Crippen MR) is 71.4 cm³/mol. The van der Waals surface area contributed by atoms with Gasteiger partial charge in [0.15, 0.2) is 0 Å². The highest BCUT2D eigenvalue weighted by molar-refractivity contribution is 5.40. The molecule has 1 N–H and O–H groups in total. The van der Waals surface area contributed by atoms with Crippen molar-refractivity contribution in [1.82, 2.24) is 10.2 Å². The molecular weight excluding hydrogens is 208 g/mol. The third-order valence-corrected chi connectivity index (χ3v) is 4.36. The van der Waals surface area contributed by atoms with E-state index < -0.39 is 0 Å². The van der Waals surface area contributed by atoms with Crippen LogP contribution >= 0.6 is 0 Å². The molecule has 0 aromatic heterocycles. The van der Waals surface area contributed by atoms with E-state index in [1.807, 2.05) is 0 Å². The SMILES string of the molecule is CCC1CNCCN1CC1Cc2ccccc21. The second-order valence-corrected chi connectivity index (χ2v) is 5.36. The van der Waals surface area contributed by atoms with Gasteiger partial charge in [-0.05, 0) is 24.0 Å². The molecule has 2 aliphatic rings. The van der Waals surface area contributed by atoms with Crippen LogP contribution in [0.4, 0.5) is 0 Å². The molecule has 2 atom stereocenters. The van der Waals surface area contributed by atoms with Crippen molar-refractivity contribution in [2.45, 2.75) is 31.7 Å². The summed E-state index contributed by atoms with van der Waals surface area (Å²) in [6, 6.07) is 9.68. The Morgan fingerprint density at radius 1 is 1.35 bits per heavy atom. The van der Waals surface area contributed by atoms with Gasteiger partial charge in [0.1, 0.15) is 0 Å². The zero-order chi connectivity index (χ0) is 11.7. The minimum absolute atomic E-state index is 0.747. The molecule has 1 fully saturated rings. The van der Waals surface area contributed by atoms with Crippen LogP contribution in [0.25, 0.3) is 0 Å². The Kier molecular flexibility index (Phi) is 3.17. The summed E-state index contributed by atoms with van der Waals surface area (Å²) in [4.78, 5) is 2.69. The molecule has 1 aromatic carbocycles. The highest BCUT2D eigenvalue weighted by atomic mass is 15.2. The van der Waals surface area contributed by atoms with Gasteiger partial charge in [-0.15, -0.1) is 0 Å². The van der Waals surface area contributed by atoms with E-state index in [0.717, 1.165) is 18.5 Å². The predicted octanol–water partition coefficient (Wildman–Crippen LogP) is 2.01. The maximum Gasteiger partial charge on any atom is 0.0218 e. The van der Waals surface area contributed by atoms with E-state index in [2.05, 4.69) is 41.4 Å². The van der Waals surface area contributed by atoms with E-state index in [4.69, 9.17) is 0 Å². The number of hydrogen-bond acceptors (Lipinski definition) is 2. The number of hydrogen-bond donors (Lipinski definition) is 1. The molecule has 2 nitrogen and oxygen atoms in total. The minimum Gasteiger partial charge on any atom is -0.314 e. The molecule has 1 heterocycles. The number of piperazine rings is 1. The van der Waals surface area contributed by atoms with Crippen LogP contribution in [-0.4, -0.2) is 37.1 Å². The number of rotatable bonds is 3. The van der Waals surface area contributed by atoms with E-state index in [9.17, 15) is 0 Å². The average molecular weight is 230 g/mol. The summed E-state index contributed by atoms with van der Waals surface area (Å²) in [6.45, 7) is 7.11. The topological polar surface area (TPSA) is 15.3 Å². The van der Waals surface area contributed by atoms with Gasteiger partial charge in [0, 0.05) is 38.1 Å². The summed E-state index contributed by atoms with van der Waals surface area (Å²) in [6.07, 6.45) is 2.55. The number of nitrogens with one attached hydrogen (secondary N) is 1. The van der Waals surface area contributed by atoms with E-state index in [-0.39, 0.29) is 0 Å². The van der Waals surface area contributed by atoms with Gasteiger partial charge in [0.05, 0.1) is 0 Å². The normalized spacial score (nSPS) is 28.5. The fourth-order valence-corrected chi connectivity index (χ4v) is 3.25. The summed E-state index contributed by atoms with van der Waals surface area (Å²) >= 11 is 0. The van der Waals surface area contributed by atoms with Crippen LogP contribution in [0, 0.1) is 0 Å². The Hall–Kier alpha value is -0.860. The van der Waals surface area contributed by atoms with Crippen LogP contribution in [0.2, 0.25) is 0 Å². The number of nitrogens with zero attached hydrogens (tertiary/aromatic N) is 1. The first-order valence-electron chi connectivity index (χ1n) is 6.91.